The third kappa shape index (κ3) is 7.23. The van der Waals surface area contributed by atoms with Crippen molar-refractivity contribution in [2.45, 2.75) is 63.0 Å². The van der Waals surface area contributed by atoms with Gasteiger partial charge in [0.1, 0.15) is 16.9 Å². The van der Waals surface area contributed by atoms with Crippen LogP contribution < -0.4 is 15.9 Å². The van der Waals surface area contributed by atoms with Gasteiger partial charge in [-0.3, -0.25) is 9.78 Å². The van der Waals surface area contributed by atoms with Crippen molar-refractivity contribution in [3.63, 3.8) is 0 Å². The molecular formula is C32H42N6O4S2Si. The van der Waals surface area contributed by atoms with Crippen LogP contribution in [-0.4, -0.2) is 83.9 Å². The number of hydrogen-bond donors (Lipinski definition) is 1. The Kier molecular flexibility index (Phi) is 10.6. The maximum Gasteiger partial charge on any atom is 0.263 e. The van der Waals surface area contributed by atoms with E-state index in [-0.39, 0.29) is 34.2 Å². The van der Waals surface area contributed by atoms with E-state index in [9.17, 15) is 4.79 Å². The molecule has 5 rings (SSSR count). The summed E-state index contributed by atoms with van der Waals surface area (Å²) < 4.78 is 22.2. The summed E-state index contributed by atoms with van der Waals surface area (Å²) >= 11 is 0. The molecule has 13 heteroatoms. The molecule has 3 heterocycles. The van der Waals surface area contributed by atoms with Gasteiger partial charge in [-0.15, -0.1) is 0 Å². The molecule has 0 aliphatic carbocycles. The number of fused-ring (bicyclic) bond motifs is 1. The first-order chi connectivity index (χ1) is 21.5. The van der Waals surface area contributed by atoms with Gasteiger partial charge >= 0.3 is 0 Å². The second-order valence-electron chi connectivity index (χ2n) is 12.3. The lowest BCUT2D eigenvalue weighted by Crippen LogP contribution is -2.67. The average molecular weight is 667 g/mol. The van der Waals surface area contributed by atoms with Crippen LogP contribution >= 0.6 is 21.6 Å². The molecular weight excluding hydrogens is 625 g/mol. The van der Waals surface area contributed by atoms with E-state index in [0.29, 0.717) is 24.1 Å². The third-order valence-electron chi connectivity index (χ3n) is 7.79. The molecule has 1 N–H and O–H groups in total. The lowest BCUT2D eigenvalue weighted by molar-refractivity contribution is -0.0623. The number of rotatable bonds is 12. The Morgan fingerprint density at radius 2 is 1.80 bits per heavy atom. The Bertz CT molecular complexity index is 1600. The molecule has 1 aliphatic heterocycles. The van der Waals surface area contributed by atoms with Gasteiger partial charge in [0.15, 0.2) is 11.9 Å². The molecule has 2 aromatic carbocycles. The molecule has 10 nitrogen and oxygen atoms in total. The molecule has 1 saturated heterocycles. The molecule has 0 bridgehead atoms. The van der Waals surface area contributed by atoms with Crippen molar-refractivity contribution in [3.05, 3.63) is 77.2 Å². The summed E-state index contributed by atoms with van der Waals surface area (Å²) in [6.07, 6.45) is 4.52. The zero-order chi connectivity index (χ0) is 32.2. The predicted octanol–water partition coefficient (Wildman–Crippen LogP) is 4.95. The van der Waals surface area contributed by atoms with E-state index in [1.54, 1.807) is 37.5 Å². The Labute approximate surface area is 273 Å². The summed E-state index contributed by atoms with van der Waals surface area (Å²) in [5.41, 5.74) is 0.0398. The molecule has 1 fully saturated rings. The highest BCUT2D eigenvalue weighted by Gasteiger charge is 2.51. The van der Waals surface area contributed by atoms with Crippen molar-refractivity contribution in [2.75, 3.05) is 27.0 Å². The van der Waals surface area contributed by atoms with Crippen LogP contribution in [0.2, 0.25) is 5.04 Å². The van der Waals surface area contributed by atoms with Crippen LogP contribution in [-0.2, 0) is 13.9 Å². The van der Waals surface area contributed by atoms with Gasteiger partial charge in [-0.05, 0) is 28.6 Å². The van der Waals surface area contributed by atoms with E-state index < -0.39 is 14.5 Å². The maximum absolute atomic E-state index is 12.9. The highest BCUT2D eigenvalue weighted by molar-refractivity contribution is 8.76. The van der Waals surface area contributed by atoms with Gasteiger partial charge in [-0.1, -0.05) is 103 Å². The Balaban J connectivity index is 1.50. The third-order valence-corrected chi connectivity index (χ3v) is 14.8. The SMILES string of the molecule is CSS[C@H](C)OC1C[C@H](n2ncc3c(=O)[nH]c(N=CN(C)C)nc32)O[C@@H]1CO[Si](c1ccccc1)(c1ccccc1)C(C)(C)C. The second-order valence-corrected chi connectivity index (χ2v) is 19.3. The topological polar surface area (TPSA) is 107 Å². The fourth-order valence-electron chi connectivity index (χ4n) is 5.88. The minimum Gasteiger partial charge on any atom is -0.405 e. The lowest BCUT2D eigenvalue weighted by atomic mass is 10.2. The number of benzene rings is 2. The second kappa shape index (κ2) is 14.2. The van der Waals surface area contributed by atoms with E-state index >= 15 is 0 Å². The van der Waals surface area contributed by atoms with Crippen LogP contribution in [0.4, 0.5) is 5.95 Å². The number of H-pyrrole nitrogens is 1. The molecule has 45 heavy (non-hydrogen) atoms. The van der Waals surface area contributed by atoms with Crippen molar-refractivity contribution >= 4 is 63.6 Å². The van der Waals surface area contributed by atoms with Crippen molar-refractivity contribution < 1.29 is 13.9 Å². The van der Waals surface area contributed by atoms with Crippen molar-refractivity contribution in [3.8, 4) is 0 Å². The summed E-state index contributed by atoms with van der Waals surface area (Å²) in [5.74, 6) is 0.199. The molecule has 1 unspecified atom stereocenters. The summed E-state index contributed by atoms with van der Waals surface area (Å²) in [7, 11) is 4.21. The molecule has 1 aliphatic rings. The number of aliphatic imine (C=N–C) groups is 1. The molecule has 4 atom stereocenters. The van der Waals surface area contributed by atoms with E-state index in [4.69, 9.17) is 13.9 Å². The smallest absolute Gasteiger partial charge is 0.263 e. The summed E-state index contributed by atoms with van der Waals surface area (Å²) in [6, 6.07) is 21.1. The molecule has 2 aromatic heterocycles. The molecule has 240 valence electrons. The fourth-order valence-corrected chi connectivity index (χ4v) is 11.9. The first-order valence-electron chi connectivity index (χ1n) is 15.0. The minimum atomic E-state index is -2.81. The van der Waals surface area contributed by atoms with Crippen LogP contribution in [0.5, 0.6) is 0 Å². The zero-order valence-corrected chi connectivity index (χ0v) is 29.5. The monoisotopic (exact) mass is 666 g/mol. The van der Waals surface area contributed by atoms with Crippen LogP contribution in [0, 0.1) is 0 Å². The summed E-state index contributed by atoms with van der Waals surface area (Å²) in [5, 5.41) is 7.15. The molecule has 0 saturated carbocycles. The predicted molar refractivity (Wildman–Crippen MR) is 188 cm³/mol. The van der Waals surface area contributed by atoms with E-state index in [1.807, 2.05) is 39.4 Å². The van der Waals surface area contributed by atoms with Crippen LogP contribution in [0.3, 0.4) is 0 Å². The average Bonchev–Trinajstić information content (AvgIpc) is 3.61. The van der Waals surface area contributed by atoms with Gasteiger partial charge in [0.05, 0.1) is 25.2 Å². The molecule has 0 spiro atoms. The minimum absolute atomic E-state index is 0.0648. The molecule has 0 radical (unpaired) electrons. The number of aromatic nitrogens is 4. The number of ether oxygens (including phenoxy) is 2. The maximum atomic E-state index is 12.9. The summed E-state index contributed by atoms with van der Waals surface area (Å²) in [4.78, 5) is 26.3. The van der Waals surface area contributed by atoms with E-state index in [2.05, 4.69) is 89.4 Å². The van der Waals surface area contributed by atoms with Gasteiger partial charge < -0.3 is 18.8 Å². The molecule has 0 amide bonds. The van der Waals surface area contributed by atoms with Gasteiger partial charge in [-0.2, -0.15) is 10.1 Å². The fraction of sp³-hybridized carbons (Fsp3) is 0.438. The number of nitrogens with one attached hydrogen (secondary N) is 1. The Morgan fingerprint density at radius 1 is 1.16 bits per heavy atom. The Hall–Kier alpha value is -2.94. The first-order valence-corrected chi connectivity index (χ1v) is 19.5. The Morgan fingerprint density at radius 3 is 2.38 bits per heavy atom. The highest BCUT2D eigenvalue weighted by atomic mass is 33.1. The van der Waals surface area contributed by atoms with Gasteiger partial charge in [0.25, 0.3) is 13.9 Å². The van der Waals surface area contributed by atoms with Crippen molar-refractivity contribution in [1.82, 2.24) is 24.6 Å². The number of hydrogen-bond acceptors (Lipinski definition) is 9. The van der Waals surface area contributed by atoms with Crippen molar-refractivity contribution in [2.24, 2.45) is 4.99 Å². The highest BCUT2D eigenvalue weighted by Crippen LogP contribution is 2.39. The zero-order valence-electron chi connectivity index (χ0n) is 26.8. The molecule has 4 aromatic rings. The van der Waals surface area contributed by atoms with Gasteiger partial charge in [0.2, 0.25) is 5.95 Å². The standard InChI is InChI=1S/C32H42N6O4S2Si/c1-22(44-43-7)41-26-18-28(38-29-25(19-34-38)30(39)36-31(35-29)33-21-37(5)6)42-27(26)20-40-45(32(2,3)4,23-14-10-8-11-15-23)24-16-12-9-13-17-24/h8-17,19,21-22,26-28H,18,20H2,1-7H3,(H,35,36,39)/t22-,26?,27-,28-/m1/s1. The van der Waals surface area contributed by atoms with Gasteiger partial charge in [-0.25, -0.2) is 9.67 Å². The van der Waals surface area contributed by atoms with E-state index in [0.717, 1.165) is 0 Å². The van der Waals surface area contributed by atoms with Gasteiger partial charge in [0, 0.05) is 20.5 Å². The summed E-state index contributed by atoms with van der Waals surface area (Å²) in [6.45, 7) is 9.17. The normalized spacial score (nSPS) is 19.8. The lowest BCUT2D eigenvalue weighted by Gasteiger charge is -2.43. The quantitative estimate of drug-likeness (QED) is 0.0740. The van der Waals surface area contributed by atoms with Crippen LogP contribution in [0.25, 0.3) is 11.0 Å². The van der Waals surface area contributed by atoms with Crippen LogP contribution in [0.15, 0.2) is 76.6 Å². The van der Waals surface area contributed by atoms with Crippen LogP contribution in [0.1, 0.15) is 40.3 Å². The van der Waals surface area contributed by atoms with Crippen molar-refractivity contribution in [1.29, 1.82) is 0 Å². The first kappa shape index (κ1) is 33.4. The number of nitrogens with zero attached hydrogens (tertiary/aromatic N) is 5. The number of aromatic amines is 1. The van der Waals surface area contributed by atoms with E-state index in [1.165, 1.54) is 16.6 Å². The largest absolute Gasteiger partial charge is 0.405 e.